The van der Waals surface area contributed by atoms with E-state index in [1.165, 1.54) is 18.4 Å². The molecule has 0 spiro atoms. The molecule has 0 bridgehead atoms. The zero-order valence-corrected chi connectivity index (χ0v) is 14.5. The summed E-state index contributed by atoms with van der Waals surface area (Å²) < 4.78 is 53.1. The van der Waals surface area contributed by atoms with Gasteiger partial charge in [0.05, 0.1) is 17.2 Å². The number of hydrogen-bond donors (Lipinski definition) is 1. The first-order chi connectivity index (χ1) is 11.7. The third-order valence-corrected chi connectivity index (χ3v) is 5.03. The third kappa shape index (κ3) is 4.43. The summed E-state index contributed by atoms with van der Waals surface area (Å²) in [7, 11) is -0.997. The smallest absolute Gasteiger partial charge is 0.341 e. The van der Waals surface area contributed by atoms with Gasteiger partial charge in [0.15, 0.2) is 0 Å². The molecule has 1 heterocycles. The van der Waals surface area contributed by atoms with Gasteiger partial charge in [0.25, 0.3) is 5.91 Å². The highest BCUT2D eigenvalue weighted by Gasteiger charge is 2.26. The van der Waals surface area contributed by atoms with E-state index in [0.29, 0.717) is 5.76 Å². The lowest BCUT2D eigenvalue weighted by atomic mass is 10.2. The first-order valence-corrected chi connectivity index (χ1v) is 8.88. The summed E-state index contributed by atoms with van der Waals surface area (Å²) in [5, 5.41) is 2.71. The van der Waals surface area contributed by atoms with Crippen molar-refractivity contribution in [1.29, 1.82) is 0 Å². The van der Waals surface area contributed by atoms with Crippen LogP contribution in [0.5, 0.6) is 0 Å². The normalized spacial score (nSPS) is 13.2. The number of hydrogen-bond acceptors (Lipinski definition) is 5. The minimum absolute atomic E-state index is 0.171. The Balaban J connectivity index is 2.06. The second kappa shape index (κ2) is 7.75. The van der Waals surface area contributed by atoms with Crippen LogP contribution in [0.15, 0.2) is 52.0 Å². The van der Waals surface area contributed by atoms with E-state index in [1.54, 1.807) is 12.1 Å². The summed E-state index contributed by atoms with van der Waals surface area (Å²) in [6.45, 7) is 0.260. The van der Waals surface area contributed by atoms with Crippen LogP contribution in [0.3, 0.4) is 0 Å². The van der Waals surface area contributed by atoms with Gasteiger partial charge in [-0.3, -0.25) is 9.69 Å². The van der Waals surface area contributed by atoms with Crippen molar-refractivity contribution in [3.8, 4) is 0 Å². The van der Waals surface area contributed by atoms with Crippen molar-refractivity contribution in [1.82, 2.24) is 10.2 Å². The van der Waals surface area contributed by atoms with Gasteiger partial charge in [0.1, 0.15) is 5.76 Å². The van der Waals surface area contributed by atoms with E-state index in [-0.39, 0.29) is 18.2 Å². The van der Waals surface area contributed by atoms with Crippen LogP contribution in [0, 0.1) is 0 Å². The molecular weight excluding hydrogens is 354 g/mol. The lowest BCUT2D eigenvalue weighted by Crippen LogP contribution is -2.34. The van der Waals surface area contributed by atoms with Gasteiger partial charge in [-0.1, -0.05) is 0 Å². The van der Waals surface area contributed by atoms with E-state index in [2.05, 4.69) is 5.32 Å². The Morgan fingerprint density at radius 1 is 1.20 bits per heavy atom. The maximum atomic E-state index is 12.5. The van der Waals surface area contributed by atoms with Gasteiger partial charge in [-0.25, -0.2) is 8.42 Å². The second-order valence-electron chi connectivity index (χ2n) is 5.53. The summed E-state index contributed by atoms with van der Waals surface area (Å²) in [6.07, 6.45) is 1.54. The lowest BCUT2D eigenvalue weighted by molar-refractivity contribution is 0.0939. The summed E-state index contributed by atoms with van der Waals surface area (Å²) in [6, 6.07) is 7.73. The molecule has 0 fully saturated rings. The average molecular weight is 372 g/mol. The fraction of sp³-hybridized carbons (Fsp3) is 0.312. The van der Waals surface area contributed by atoms with Gasteiger partial charge >= 0.3 is 5.76 Å². The molecule has 9 heteroatoms. The van der Waals surface area contributed by atoms with E-state index in [1.807, 2.05) is 19.0 Å². The molecule has 136 valence electrons. The van der Waals surface area contributed by atoms with Gasteiger partial charge in [0, 0.05) is 12.1 Å². The number of nitrogens with one attached hydrogen (secondary N) is 1. The molecule has 6 nitrogen and oxygen atoms in total. The largest absolute Gasteiger partial charge is 0.468 e. The van der Waals surface area contributed by atoms with Crippen LogP contribution in [0.25, 0.3) is 0 Å². The zero-order chi connectivity index (χ0) is 18.6. The topological polar surface area (TPSA) is 79.6 Å². The number of likely N-dealkylation sites (N-methyl/N-ethyl adjacent to an activating group) is 1. The highest BCUT2D eigenvalue weighted by Crippen LogP contribution is 2.20. The first kappa shape index (κ1) is 19.1. The highest BCUT2D eigenvalue weighted by atomic mass is 32.2. The number of amides is 1. The van der Waals surface area contributed by atoms with Crippen LogP contribution in [0.2, 0.25) is 0 Å². The fourth-order valence-corrected chi connectivity index (χ4v) is 2.93. The van der Waals surface area contributed by atoms with Crippen LogP contribution >= 0.6 is 0 Å². The molecule has 2 aromatic rings. The Morgan fingerprint density at radius 3 is 2.32 bits per heavy atom. The maximum absolute atomic E-state index is 12.5. The Hall–Kier alpha value is -2.26. The predicted molar refractivity (Wildman–Crippen MR) is 87.1 cm³/mol. The van der Waals surface area contributed by atoms with Crippen molar-refractivity contribution in [2.24, 2.45) is 0 Å². The Labute approximate surface area is 144 Å². The van der Waals surface area contributed by atoms with Crippen molar-refractivity contribution in [2.45, 2.75) is 16.7 Å². The molecule has 1 amide bonds. The number of nitrogens with zero attached hydrogens (tertiary/aromatic N) is 1. The summed E-state index contributed by atoms with van der Waals surface area (Å²) in [5.41, 5.74) is 0.171. The van der Waals surface area contributed by atoms with E-state index in [0.717, 1.165) is 12.1 Å². The average Bonchev–Trinajstić information content (AvgIpc) is 3.08. The molecule has 2 rings (SSSR count). The molecule has 0 saturated heterocycles. The highest BCUT2D eigenvalue weighted by molar-refractivity contribution is 7.91. The standard InChI is InChI=1S/C16H18F2N2O4S/c1-20(2)13(14-4-3-9-24-14)10-19-15(21)11-5-7-12(8-6-11)25(22,23)16(17)18/h3-9,13,16H,10H2,1-2H3,(H,19,21)/t13-/m0/s1. The minimum Gasteiger partial charge on any atom is -0.468 e. The zero-order valence-electron chi connectivity index (χ0n) is 13.6. The van der Waals surface area contributed by atoms with Crippen molar-refractivity contribution < 1.29 is 26.4 Å². The number of carbonyl (C=O) groups is 1. The van der Waals surface area contributed by atoms with Crippen molar-refractivity contribution in [3.63, 3.8) is 0 Å². The van der Waals surface area contributed by atoms with Gasteiger partial charge in [-0.15, -0.1) is 0 Å². The molecule has 1 aromatic carbocycles. The summed E-state index contributed by atoms with van der Waals surface area (Å²) >= 11 is 0. The predicted octanol–water partition coefficient (Wildman–Crippen LogP) is 2.31. The number of furan rings is 1. The summed E-state index contributed by atoms with van der Waals surface area (Å²) in [4.78, 5) is 13.5. The van der Waals surface area contributed by atoms with Crippen LogP contribution in [0.4, 0.5) is 8.78 Å². The first-order valence-electron chi connectivity index (χ1n) is 7.33. The molecule has 1 atom stereocenters. The molecule has 0 aliphatic rings. The van der Waals surface area contributed by atoms with Crippen LogP contribution in [-0.2, 0) is 9.84 Å². The second-order valence-corrected chi connectivity index (χ2v) is 7.45. The molecule has 0 radical (unpaired) electrons. The number of rotatable bonds is 7. The monoisotopic (exact) mass is 372 g/mol. The Kier molecular flexibility index (Phi) is 5.91. The van der Waals surface area contributed by atoms with Gasteiger partial charge < -0.3 is 9.73 Å². The van der Waals surface area contributed by atoms with Crippen molar-refractivity contribution in [3.05, 3.63) is 54.0 Å². The van der Waals surface area contributed by atoms with E-state index < -0.39 is 26.4 Å². The van der Waals surface area contributed by atoms with E-state index >= 15 is 0 Å². The van der Waals surface area contributed by atoms with E-state index in [9.17, 15) is 22.0 Å². The van der Waals surface area contributed by atoms with Crippen LogP contribution in [0.1, 0.15) is 22.2 Å². The molecule has 1 N–H and O–H groups in total. The van der Waals surface area contributed by atoms with Crippen LogP contribution < -0.4 is 5.32 Å². The summed E-state index contributed by atoms with van der Waals surface area (Å²) in [5.74, 6) is -3.26. The Morgan fingerprint density at radius 2 is 1.84 bits per heavy atom. The lowest BCUT2D eigenvalue weighted by Gasteiger charge is -2.22. The number of halogens is 2. The molecule has 1 aromatic heterocycles. The molecule has 0 saturated carbocycles. The van der Waals surface area contributed by atoms with Crippen molar-refractivity contribution >= 4 is 15.7 Å². The molecule has 0 aliphatic heterocycles. The number of alkyl halides is 2. The number of carbonyl (C=O) groups excluding carboxylic acids is 1. The molecule has 0 unspecified atom stereocenters. The van der Waals surface area contributed by atoms with E-state index in [4.69, 9.17) is 4.42 Å². The quantitative estimate of drug-likeness (QED) is 0.807. The van der Waals surface area contributed by atoms with Crippen LogP contribution in [-0.4, -0.2) is 45.6 Å². The van der Waals surface area contributed by atoms with Gasteiger partial charge in [0.2, 0.25) is 9.84 Å². The SMILES string of the molecule is CN(C)[C@@H](CNC(=O)c1ccc(S(=O)(=O)C(F)F)cc1)c1ccco1. The van der Waals surface area contributed by atoms with Gasteiger partial charge in [-0.05, 0) is 50.5 Å². The number of benzene rings is 1. The third-order valence-electron chi connectivity index (χ3n) is 3.63. The molecule has 0 aliphatic carbocycles. The maximum Gasteiger partial charge on any atom is 0.341 e. The van der Waals surface area contributed by atoms with Gasteiger partial charge in [-0.2, -0.15) is 8.78 Å². The number of sulfone groups is 1. The molecule has 25 heavy (non-hydrogen) atoms. The minimum atomic E-state index is -4.67. The molecular formula is C16H18F2N2O4S. The fourth-order valence-electron chi connectivity index (χ4n) is 2.21. The Bertz CT molecular complexity index is 803. The van der Waals surface area contributed by atoms with Crippen molar-refractivity contribution in [2.75, 3.05) is 20.6 Å².